The van der Waals surface area contributed by atoms with Crippen molar-refractivity contribution in [2.24, 2.45) is 5.73 Å². The highest BCUT2D eigenvalue weighted by atomic mass is 32.1. The lowest BCUT2D eigenvalue weighted by Crippen LogP contribution is -2.28. The maximum absolute atomic E-state index is 6.53. The molecule has 9 rings (SSSR count). The van der Waals surface area contributed by atoms with E-state index in [1.807, 2.05) is 67.7 Å². The van der Waals surface area contributed by atoms with Gasteiger partial charge in [-0.3, -0.25) is 0 Å². The molecule has 0 bridgehead atoms. The van der Waals surface area contributed by atoms with Crippen LogP contribution >= 0.6 is 11.3 Å². The zero-order chi connectivity index (χ0) is 34.7. The molecular formula is C47H41N3S. The van der Waals surface area contributed by atoms with Crippen molar-refractivity contribution in [1.29, 1.82) is 0 Å². The summed E-state index contributed by atoms with van der Waals surface area (Å²) in [7, 11) is 0. The van der Waals surface area contributed by atoms with Crippen molar-refractivity contribution >= 4 is 60.6 Å². The van der Waals surface area contributed by atoms with Crippen molar-refractivity contribution in [3.05, 3.63) is 183 Å². The number of fused-ring (bicyclic) bond motifs is 6. The summed E-state index contributed by atoms with van der Waals surface area (Å²) in [4.78, 5) is 0. The number of nitrogens with zero attached hydrogens (tertiary/aromatic N) is 1. The normalized spacial score (nSPS) is 14.4. The van der Waals surface area contributed by atoms with Gasteiger partial charge in [0.05, 0.1) is 17.1 Å². The number of thiophene rings is 1. The number of allylic oxidation sites excluding steroid dienone is 1. The highest BCUT2D eigenvalue weighted by Gasteiger charge is 2.17. The lowest BCUT2D eigenvalue weighted by atomic mass is 9.95. The summed E-state index contributed by atoms with van der Waals surface area (Å²) in [5.41, 5.74) is 20.3. The summed E-state index contributed by atoms with van der Waals surface area (Å²) >= 11 is 1.93. The molecule has 1 atom stereocenters. The zero-order valence-electron chi connectivity index (χ0n) is 29.1. The number of hydrogen-bond acceptors (Lipinski definition) is 3. The van der Waals surface area contributed by atoms with Crippen LogP contribution in [0.25, 0.3) is 54.9 Å². The fourth-order valence-electron chi connectivity index (χ4n) is 7.37. The van der Waals surface area contributed by atoms with Gasteiger partial charge in [-0.2, -0.15) is 0 Å². The molecule has 3 nitrogen and oxygen atoms in total. The van der Waals surface area contributed by atoms with Gasteiger partial charge in [0, 0.05) is 43.5 Å². The average Bonchev–Trinajstić information content (AvgIpc) is 3.94. The molecule has 0 fully saturated rings. The molecule has 2 aliphatic carbocycles. The van der Waals surface area contributed by atoms with Gasteiger partial charge in [-0.25, -0.2) is 0 Å². The van der Waals surface area contributed by atoms with Crippen molar-refractivity contribution in [3.8, 4) is 5.69 Å². The Morgan fingerprint density at radius 2 is 1.59 bits per heavy atom. The summed E-state index contributed by atoms with van der Waals surface area (Å²) in [6.07, 6.45) is 12.7. The third-order valence-corrected chi connectivity index (χ3v) is 11.0. The Labute approximate surface area is 303 Å². The smallest absolute Gasteiger partial charge is 0.0605 e. The second-order valence-electron chi connectivity index (χ2n) is 12.8. The summed E-state index contributed by atoms with van der Waals surface area (Å²) in [6, 6.07) is 43.7. The van der Waals surface area contributed by atoms with Crippen molar-refractivity contribution < 1.29 is 0 Å². The maximum atomic E-state index is 6.53. The Morgan fingerprint density at radius 3 is 2.39 bits per heavy atom. The van der Waals surface area contributed by atoms with Crippen LogP contribution in [-0.2, 0) is 6.54 Å². The molecule has 1 unspecified atom stereocenters. The predicted octanol–water partition coefficient (Wildman–Crippen LogP) is 9.91. The van der Waals surface area contributed by atoms with E-state index < -0.39 is 0 Å². The molecule has 3 N–H and O–H groups in total. The van der Waals surface area contributed by atoms with Crippen molar-refractivity contribution in [2.75, 3.05) is 0 Å². The zero-order valence-corrected chi connectivity index (χ0v) is 29.9. The Hall–Kier alpha value is -5.64. The predicted molar refractivity (Wildman–Crippen MR) is 219 cm³/mol. The fourth-order valence-corrected chi connectivity index (χ4v) is 8.68. The topological polar surface area (TPSA) is 43.0 Å². The van der Waals surface area contributed by atoms with E-state index in [4.69, 9.17) is 5.73 Å². The molecule has 250 valence electrons. The van der Waals surface area contributed by atoms with Gasteiger partial charge >= 0.3 is 0 Å². The lowest BCUT2D eigenvalue weighted by molar-refractivity contribution is 0.661. The molecule has 0 spiro atoms. The fraction of sp³-hybridized carbons (Fsp3) is 0.128. The molecular weight excluding hydrogens is 639 g/mol. The van der Waals surface area contributed by atoms with Crippen LogP contribution in [0.4, 0.5) is 0 Å². The van der Waals surface area contributed by atoms with Crippen molar-refractivity contribution in [3.63, 3.8) is 0 Å². The second kappa shape index (κ2) is 14.3. The second-order valence-corrected chi connectivity index (χ2v) is 13.8. The number of benzene rings is 5. The van der Waals surface area contributed by atoms with Gasteiger partial charge in [-0.1, -0.05) is 111 Å². The molecule has 4 heteroatoms. The van der Waals surface area contributed by atoms with Gasteiger partial charge in [0.2, 0.25) is 0 Å². The van der Waals surface area contributed by atoms with E-state index in [1.165, 1.54) is 58.3 Å². The van der Waals surface area contributed by atoms with E-state index in [2.05, 4.69) is 125 Å². The Bertz CT molecular complexity index is 2640. The Morgan fingerprint density at radius 1 is 0.843 bits per heavy atom. The number of para-hydroxylation sites is 1. The summed E-state index contributed by atoms with van der Waals surface area (Å²) in [6.45, 7) is 4.70. The first kappa shape index (κ1) is 32.6. The van der Waals surface area contributed by atoms with Gasteiger partial charge in [0.1, 0.15) is 0 Å². The first-order valence-corrected chi connectivity index (χ1v) is 18.8. The molecule has 5 aromatic carbocycles. The van der Waals surface area contributed by atoms with E-state index in [-0.39, 0.29) is 6.04 Å². The maximum Gasteiger partial charge on any atom is 0.0605 e. The van der Waals surface area contributed by atoms with Gasteiger partial charge in [-0.05, 0) is 100 Å². The van der Waals surface area contributed by atoms with Crippen molar-refractivity contribution in [1.82, 2.24) is 9.88 Å². The average molecular weight is 680 g/mol. The molecule has 0 aliphatic heterocycles. The van der Waals surface area contributed by atoms with Crippen LogP contribution in [0, 0.1) is 0 Å². The quantitative estimate of drug-likeness (QED) is 0.157. The van der Waals surface area contributed by atoms with Crippen LogP contribution < -0.4 is 20.8 Å². The monoisotopic (exact) mass is 679 g/mol. The van der Waals surface area contributed by atoms with Crippen LogP contribution in [-0.4, -0.2) is 10.6 Å². The molecule has 2 heterocycles. The van der Waals surface area contributed by atoms with E-state index in [9.17, 15) is 0 Å². The third kappa shape index (κ3) is 6.19. The van der Waals surface area contributed by atoms with Crippen molar-refractivity contribution in [2.45, 2.75) is 39.3 Å². The Kier molecular flexibility index (Phi) is 9.13. The van der Waals surface area contributed by atoms with E-state index in [0.29, 0.717) is 6.54 Å². The first-order valence-electron chi connectivity index (χ1n) is 17.9. The van der Waals surface area contributed by atoms with Gasteiger partial charge < -0.3 is 15.6 Å². The van der Waals surface area contributed by atoms with E-state index >= 15 is 0 Å². The third-order valence-electron chi connectivity index (χ3n) is 9.80. The highest BCUT2D eigenvalue weighted by Crippen LogP contribution is 2.35. The molecule has 0 saturated heterocycles. The van der Waals surface area contributed by atoms with Gasteiger partial charge in [-0.15, -0.1) is 17.1 Å². The molecule has 51 heavy (non-hydrogen) atoms. The van der Waals surface area contributed by atoms with Crippen LogP contribution in [0.5, 0.6) is 0 Å². The van der Waals surface area contributed by atoms with Crippen LogP contribution in [0.2, 0.25) is 0 Å². The number of nitrogens with two attached hydrogens (primary N) is 1. The van der Waals surface area contributed by atoms with Gasteiger partial charge in [0.15, 0.2) is 0 Å². The summed E-state index contributed by atoms with van der Waals surface area (Å²) in [5.74, 6) is 0. The Balaban J connectivity index is 0.00000184. The minimum atomic E-state index is -0.0509. The van der Waals surface area contributed by atoms with Crippen LogP contribution in [0.3, 0.4) is 0 Å². The van der Waals surface area contributed by atoms with E-state index in [1.54, 1.807) is 0 Å². The molecule has 2 aliphatic rings. The van der Waals surface area contributed by atoms with E-state index in [0.717, 1.165) is 35.4 Å². The molecule has 2 aromatic heterocycles. The SMILES string of the molecule is CC.N/C(=C\C(NCc1ccc(-n2c3ccccc3c3cc(C4=c5sc6ccccc6c5=CCC4)ccc32)cc1)C1=C=CC=C1)c1ccccc1. The van der Waals surface area contributed by atoms with Crippen LogP contribution in [0.1, 0.15) is 43.4 Å². The number of hydrogen-bond donors (Lipinski definition) is 2. The molecule has 0 saturated carbocycles. The first-order chi connectivity index (χ1) is 25.2. The minimum Gasteiger partial charge on any atom is -0.398 e. The number of rotatable bonds is 8. The minimum absolute atomic E-state index is 0.0509. The molecule has 0 amide bonds. The molecule has 0 radical (unpaired) electrons. The lowest BCUT2D eigenvalue weighted by Gasteiger charge is -2.17. The number of nitrogens with one attached hydrogen (secondary N) is 1. The molecule has 7 aromatic rings. The summed E-state index contributed by atoms with van der Waals surface area (Å²) < 4.78 is 5.20. The standard InChI is InChI=1S/C45H35N3S.C2H6/c46-40(31-11-2-1-3-12-31)28-41(32-13-4-5-14-32)47-29-30-21-24-34(25-22-30)48-42-19-8-6-15-36(42)39-27-33(23-26-43(39)48)35-17-10-18-38-37-16-7-9-20-44(37)49-45(35)38;1-2/h1-9,11-13,15-16,18-28,41,47H,10,17,29,46H2;1-2H3/b40-28-;. The largest absolute Gasteiger partial charge is 0.398 e. The number of aromatic nitrogens is 1. The summed E-state index contributed by atoms with van der Waals surface area (Å²) in [5, 5.41) is 9.07. The highest BCUT2D eigenvalue weighted by molar-refractivity contribution is 7.17. The van der Waals surface area contributed by atoms with Gasteiger partial charge in [0.25, 0.3) is 0 Å². The van der Waals surface area contributed by atoms with Crippen LogP contribution in [0.15, 0.2) is 157 Å².